The molecule has 0 saturated heterocycles. The van der Waals surface area contributed by atoms with Crippen LogP contribution < -0.4 is 10.6 Å². The summed E-state index contributed by atoms with van der Waals surface area (Å²) in [5.41, 5.74) is 0.414. The molecular formula is C13H13N3O4. The Morgan fingerprint density at radius 3 is 2.50 bits per heavy atom. The Morgan fingerprint density at radius 2 is 1.95 bits per heavy atom. The number of anilines is 1. The zero-order chi connectivity index (χ0) is 15.0. The number of aliphatic carboxylic acids is 1. The van der Waals surface area contributed by atoms with Crippen molar-refractivity contribution < 1.29 is 19.8 Å². The quantitative estimate of drug-likeness (QED) is 0.346. The number of hydrogen-bond donors (Lipinski definition) is 4. The van der Waals surface area contributed by atoms with Crippen LogP contribution in [0.3, 0.4) is 0 Å². The van der Waals surface area contributed by atoms with Crippen molar-refractivity contribution in [3.05, 3.63) is 36.0 Å². The van der Waals surface area contributed by atoms with Gasteiger partial charge in [0.15, 0.2) is 0 Å². The lowest BCUT2D eigenvalue weighted by Crippen LogP contribution is -2.27. The maximum atomic E-state index is 11.6. The van der Waals surface area contributed by atoms with E-state index in [1.807, 2.05) is 0 Å². The highest BCUT2D eigenvalue weighted by atomic mass is 16.4. The summed E-state index contributed by atoms with van der Waals surface area (Å²) < 4.78 is 0. The topological polar surface area (TPSA) is 122 Å². The molecule has 0 aliphatic carbocycles. The standard InChI is InChI=1S/C13H13N3O4/c14-7-9(13(20)15-6-5-12(18)19)8-16-10-1-3-11(17)4-2-10/h1-4,8,16-17H,5-6H2,(H,15,20)(H,18,19)/b9-8-. The molecule has 104 valence electrons. The van der Waals surface area contributed by atoms with E-state index in [0.29, 0.717) is 5.69 Å². The normalized spacial score (nSPS) is 10.4. The summed E-state index contributed by atoms with van der Waals surface area (Å²) in [6, 6.07) is 7.76. The molecule has 0 aromatic heterocycles. The smallest absolute Gasteiger partial charge is 0.305 e. The lowest BCUT2D eigenvalue weighted by Gasteiger charge is -2.04. The molecule has 0 spiro atoms. The van der Waals surface area contributed by atoms with Crippen LogP contribution in [0, 0.1) is 11.3 Å². The molecule has 0 radical (unpaired) electrons. The number of nitrogens with zero attached hydrogens (tertiary/aromatic N) is 1. The lowest BCUT2D eigenvalue weighted by atomic mass is 10.2. The minimum Gasteiger partial charge on any atom is -0.508 e. The zero-order valence-corrected chi connectivity index (χ0v) is 10.5. The summed E-state index contributed by atoms with van der Waals surface area (Å²) in [6.45, 7) is -0.0492. The average Bonchev–Trinajstić information content (AvgIpc) is 2.41. The minimum absolute atomic E-state index is 0.0492. The molecule has 0 saturated carbocycles. The van der Waals surface area contributed by atoms with Gasteiger partial charge in [-0.25, -0.2) is 0 Å². The van der Waals surface area contributed by atoms with E-state index in [0.717, 1.165) is 0 Å². The predicted molar refractivity (Wildman–Crippen MR) is 70.7 cm³/mol. The van der Waals surface area contributed by atoms with Gasteiger partial charge in [-0.05, 0) is 24.3 Å². The molecule has 0 bridgehead atoms. The molecule has 0 atom stereocenters. The van der Waals surface area contributed by atoms with Crippen molar-refractivity contribution in [2.75, 3.05) is 11.9 Å². The van der Waals surface area contributed by atoms with Crippen LogP contribution in [0.25, 0.3) is 0 Å². The van der Waals surface area contributed by atoms with Gasteiger partial charge >= 0.3 is 5.97 Å². The number of benzene rings is 1. The summed E-state index contributed by atoms with van der Waals surface area (Å²) in [7, 11) is 0. The molecule has 0 fully saturated rings. The molecule has 7 heteroatoms. The summed E-state index contributed by atoms with van der Waals surface area (Å²) in [6.07, 6.45) is 0.998. The fourth-order valence-corrected chi connectivity index (χ4v) is 1.24. The number of aromatic hydroxyl groups is 1. The summed E-state index contributed by atoms with van der Waals surface area (Å²) in [5, 5.41) is 31.4. The monoisotopic (exact) mass is 275 g/mol. The first kappa shape index (κ1) is 15.0. The molecule has 1 amide bonds. The minimum atomic E-state index is -1.03. The molecule has 1 aromatic carbocycles. The Hall–Kier alpha value is -3.01. The molecule has 0 aliphatic rings. The number of carbonyl (C=O) groups excluding carboxylic acids is 1. The number of amides is 1. The van der Waals surface area contributed by atoms with Crippen LogP contribution in [-0.4, -0.2) is 28.6 Å². The van der Waals surface area contributed by atoms with E-state index < -0.39 is 11.9 Å². The SMILES string of the molecule is N#C/C(=C/Nc1ccc(O)cc1)C(=O)NCCC(=O)O. The maximum Gasteiger partial charge on any atom is 0.305 e. The first-order valence-corrected chi connectivity index (χ1v) is 5.68. The van der Waals surface area contributed by atoms with Crippen molar-refractivity contribution in [3.63, 3.8) is 0 Å². The van der Waals surface area contributed by atoms with Crippen LogP contribution in [-0.2, 0) is 9.59 Å². The van der Waals surface area contributed by atoms with Crippen LogP contribution in [0.4, 0.5) is 5.69 Å². The largest absolute Gasteiger partial charge is 0.508 e. The van der Waals surface area contributed by atoms with Crippen molar-refractivity contribution >= 4 is 17.6 Å². The van der Waals surface area contributed by atoms with Gasteiger partial charge in [-0.2, -0.15) is 5.26 Å². The number of phenols is 1. The molecule has 20 heavy (non-hydrogen) atoms. The molecule has 0 aliphatic heterocycles. The van der Waals surface area contributed by atoms with Crippen LogP contribution in [0.2, 0.25) is 0 Å². The number of rotatable bonds is 6. The van der Waals surface area contributed by atoms with Crippen molar-refractivity contribution in [3.8, 4) is 11.8 Å². The van der Waals surface area contributed by atoms with Crippen molar-refractivity contribution in [2.45, 2.75) is 6.42 Å². The third-order valence-electron chi connectivity index (χ3n) is 2.24. The van der Waals surface area contributed by atoms with Crippen LogP contribution in [0.1, 0.15) is 6.42 Å². The zero-order valence-electron chi connectivity index (χ0n) is 10.5. The molecule has 1 aromatic rings. The molecule has 4 N–H and O–H groups in total. The average molecular weight is 275 g/mol. The van der Waals surface area contributed by atoms with E-state index in [4.69, 9.17) is 15.5 Å². The molecule has 7 nitrogen and oxygen atoms in total. The molecule has 0 unspecified atom stereocenters. The third kappa shape index (κ3) is 5.10. The highest BCUT2D eigenvalue weighted by Gasteiger charge is 2.08. The summed E-state index contributed by atoms with van der Waals surface area (Å²) >= 11 is 0. The fraction of sp³-hybridized carbons (Fsp3) is 0.154. The molecule has 0 heterocycles. The van der Waals surface area contributed by atoms with Crippen molar-refractivity contribution in [2.24, 2.45) is 0 Å². The number of carbonyl (C=O) groups is 2. The maximum absolute atomic E-state index is 11.6. The Balaban J connectivity index is 2.58. The van der Waals surface area contributed by atoms with Crippen molar-refractivity contribution in [1.29, 1.82) is 5.26 Å². The summed E-state index contributed by atoms with van der Waals surface area (Å²) in [4.78, 5) is 21.9. The van der Waals surface area contributed by atoms with E-state index >= 15 is 0 Å². The number of carboxylic acid groups (broad SMARTS) is 1. The molecular weight excluding hydrogens is 262 g/mol. The number of hydrogen-bond acceptors (Lipinski definition) is 5. The van der Waals surface area contributed by atoms with Gasteiger partial charge < -0.3 is 20.8 Å². The first-order valence-electron chi connectivity index (χ1n) is 5.68. The Bertz CT molecular complexity index is 558. The van der Waals surface area contributed by atoms with Crippen LogP contribution >= 0.6 is 0 Å². The van der Waals surface area contributed by atoms with Gasteiger partial charge in [-0.1, -0.05) is 0 Å². The highest BCUT2D eigenvalue weighted by Crippen LogP contribution is 2.13. The van der Waals surface area contributed by atoms with Gasteiger partial charge in [0.1, 0.15) is 17.4 Å². The Labute approximate surface area is 115 Å². The first-order chi connectivity index (χ1) is 9.52. The van der Waals surface area contributed by atoms with Crippen molar-refractivity contribution in [1.82, 2.24) is 5.32 Å². The van der Waals surface area contributed by atoms with E-state index in [2.05, 4.69) is 10.6 Å². The molecule has 1 rings (SSSR count). The van der Waals surface area contributed by atoms with E-state index in [1.54, 1.807) is 18.2 Å². The van der Waals surface area contributed by atoms with Gasteiger partial charge in [-0.3, -0.25) is 9.59 Å². The Kier molecular flexibility index (Phi) is 5.59. The third-order valence-corrected chi connectivity index (χ3v) is 2.24. The summed E-state index contributed by atoms with van der Waals surface area (Å²) in [5.74, 6) is -1.58. The fourth-order valence-electron chi connectivity index (χ4n) is 1.24. The van der Waals surface area contributed by atoms with E-state index in [1.165, 1.54) is 18.3 Å². The van der Waals surface area contributed by atoms with Gasteiger partial charge in [0.05, 0.1) is 6.42 Å². The second-order valence-corrected chi connectivity index (χ2v) is 3.76. The highest BCUT2D eigenvalue weighted by molar-refractivity contribution is 5.97. The number of nitriles is 1. The number of nitrogens with one attached hydrogen (secondary N) is 2. The van der Waals surface area contributed by atoms with E-state index in [9.17, 15) is 9.59 Å². The number of carboxylic acids is 1. The van der Waals surface area contributed by atoms with E-state index in [-0.39, 0.29) is 24.3 Å². The van der Waals surface area contributed by atoms with Gasteiger partial charge in [0.2, 0.25) is 0 Å². The Morgan fingerprint density at radius 1 is 1.30 bits per heavy atom. The van der Waals surface area contributed by atoms with Gasteiger partial charge in [-0.15, -0.1) is 0 Å². The van der Waals surface area contributed by atoms with Gasteiger partial charge in [0.25, 0.3) is 5.91 Å². The van der Waals surface area contributed by atoms with Crippen LogP contribution in [0.15, 0.2) is 36.0 Å². The predicted octanol–water partition coefficient (Wildman–Crippen LogP) is 0.802. The van der Waals surface area contributed by atoms with Crippen LogP contribution in [0.5, 0.6) is 5.75 Å². The van der Waals surface area contributed by atoms with Gasteiger partial charge in [0, 0.05) is 18.4 Å². The number of phenolic OH excluding ortho intramolecular Hbond substituents is 1. The second kappa shape index (κ2) is 7.43. The second-order valence-electron chi connectivity index (χ2n) is 3.76. The lowest BCUT2D eigenvalue weighted by molar-refractivity contribution is -0.136.